The second-order valence-electron chi connectivity index (χ2n) is 14.0. The summed E-state index contributed by atoms with van der Waals surface area (Å²) in [4.78, 5) is 0. The maximum atomic E-state index is 2.51. The molecule has 0 heterocycles. The van der Waals surface area contributed by atoms with Crippen LogP contribution in [0.5, 0.6) is 0 Å². The summed E-state index contributed by atoms with van der Waals surface area (Å²) in [6.07, 6.45) is 0. The van der Waals surface area contributed by atoms with E-state index in [4.69, 9.17) is 0 Å². The molecule has 0 aromatic heterocycles. The van der Waals surface area contributed by atoms with Gasteiger partial charge in [0.25, 0.3) is 0 Å². The zero-order valence-corrected chi connectivity index (χ0v) is 28.0. The molecule has 0 atom stereocenters. The quantitative estimate of drug-likeness (QED) is 0.167. The van der Waals surface area contributed by atoms with Crippen LogP contribution in [0.1, 0.15) is 22.3 Å². The van der Waals surface area contributed by atoms with Crippen molar-refractivity contribution in [3.05, 3.63) is 216 Å². The van der Waals surface area contributed by atoms with Gasteiger partial charge in [0.1, 0.15) is 0 Å². The first kappa shape index (κ1) is 28.3. The van der Waals surface area contributed by atoms with Crippen LogP contribution in [0.3, 0.4) is 0 Å². The van der Waals surface area contributed by atoms with E-state index in [0.29, 0.717) is 0 Å². The van der Waals surface area contributed by atoms with E-state index in [2.05, 4.69) is 194 Å². The minimum atomic E-state index is -0.496. The first-order valence-corrected chi connectivity index (χ1v) is 17.9. The van der Waals surface area contributed by atoms with E-state index in [1.165, 1.54) is 98.7 Å². The summed E-state index contributed by atoms with van der Waals surface area (Å²) < 4.78 is 0. The fraction of sp³-hybridized carbons (Fsp3) is 0.0196. The Balaban J connectivity index is 1.25. The van der Waals surface area contributed by atoms with E-state index in [0.717, 1.165) is 0 Å². The monoisotopic (exact) mass is 644 g/mol. The third-order valence-corrected chi connectivity index (χ3v) is 11.5. The summed E-state index contributed by atoms with van der Waals surface area (Å²) in [5, 5.41) is 10.4. The smallest absolute Gasteiger partial charge is 0.0622 e. The van der Waals surface area contributed by atoms with Crippen molar-refractivity contribution in [2.24, 2.45) is 0 Å². The van der Waals surface area contributed by atoms with E-state index in [1.54, 1.807) is 0 Å². The van der Waals surface area contributed by atoms with Crippen molar-refractivity contribution < 1.29 is 0 Å². The third-order valence-electron chi connectivity index (χ3n) is 11.5. The first-order chi connectivity index (χ1) is 25.3. The molecule has 10 aromatic rings. The summed E-state index contributed by atoms with van der Waals surface area (Å²) in [7, 11) is 0. The van der Waals surface area contributed by atoms with Gasteiger partial charge < -0.3 is 0 Å². The zero-order chi connectivity index (χ0) is 33.5. The molecule has 0 saturated heterocycles. The fourth-order valence-corrected chi connectivity index (χ4v) is 9.37. The van der Waals surface area contributed by atoms with Crippen LogP contribution in [0.15, 0.2) is 194 Å². The predicted octanol–water partition coefficient (Wildman–Crippen LogP) is 13.4. The van der Waals surface area contributed by atoms with Gasteiger partial charge in [0.05, 0.1) is 5.41 Å². The van der Waals surface area contributed by atoms with E-state index in [-0.39, 0.29) is 0 Å². The van der Waals surface area contributed by atoms with Gasteiger partial charge in [-0.1, -0.05) is 188 Å². The molecule has 0 saturated carbocycles. The summed E-state index contributed by atoms with van der Waals surface area (Å²) in [5.74, 6) is 0. The Kier molecular flexibility index (Phi) is 5.97. The molecule has 0 heteroatoms. The minimum absolute atomic E-state index is 0.496. The number of hydrogen-bond donors (Lipinski definition) is 0. The molecule has 51 heavy (non-hydrogen) atoms. The molecule has 0 spiro atoms. The number of fused-ring (bicyclic) bond motifs is 5. The average molecular weight is 645 g/mol. The molecular formula is C51H32. The normalized spacial score (nSPS) is 13.3. The molecule has 0 radical (unpaired) electrons. The van der Waals surface area contributed by atoms with Gasteiger partial charge in [0, 0.05) is 0 Å². The first-order valence-electron chi connectivity index (χ1n) is 17.9. The number of hydrogen-bond acceptors (Lipinski definition) is 0. The number of rotatable bonds is 4. The SMILES string of the molecule is c1ccc(-c2cccc3c4c(ccc23)C(c2ccccc2)(c2ccccc2)c2cc(-c3ccc5ccc6cccc7ccc3c5c67)ccc2-4)cc1. The predicted molar refractivity (Wildman–Crippen MR) is 216 cm³/mol. The lowest BCUT2D eigenvalue weighted by molar-refractivity contribution is 0.769. The van der Waals surface area contributed by atoms with Gasteiger partial charge in [-0.25, -0.2) is 0 Å². The van der Waals surface area contributed by atoms with Crippen molar-refractivity contribution in [3.63, 3.8) is 0 Å². The molecule has 0 N–H and O–H groups in total. The lowest BCUT2D eigenvalue weighted by Crippen LogP contribution is -2.28. The van der Waals surface area contributed by atoms with E-state index in [1.807, 2.05) is 0 Å². The van der Waals surface area contributed by atoms with Crippen LogP contribution in [-0.2, 0) is 5.41 Å². The lowest BCUT2D eigenvalue weighted by atomic mass is 9.67. The van der Waals surface area contributed by atoms with Gasteiger partial charge in [0.15, 0.2) is 0 Å². The van der Waals surface area contributed by atoms with Crippen LogP contribution in [0, 0.1) is 0 Å². The second-order valence-corrected chi connectivity index (χ2v) is 14.0. The van der Waals surface area contributed by atoms with E-state index < -0.39 is 5.41 Å². The molecule has 0 nitrogen and oxygen atoms in total. The molecule has 0 bridgehead atoms. The zero-order valence-electron chi connectivity index (χ0n) is 28.0. The summed E-state index contributed by atoms with van der Waals surface area (Å²) in [6.45, 7) is 0. The Labute approximate surface area is 297 Å². The van der Waals surface area contributed by atoms with Gasteiger partial charge in [-0.2, -0.15) is 0 Å². The Morgan fingerprint density at radius 1 is 0.294 bits per heavy atom. The molecule has 0 amide bonds. The highest BCUT2D eigenvalue weighted by molar-refractivity contribution is 6.25. The van der Waals surface area contributed by atoms with Gasteiger partial charge >= 0.3 is 0 Å². The number of benzene rings is 10. The van der Waals surface area contributed by atoms with Crippen molar-refractivity contribution in [2.75, 3.05) is 0 Å². The van der Waals surface area contributed by atoms with Crippen LogP contribution >= 0.6 is 0 Å². The highest BCUT2D eigenvalue weighted by Crippen LogP contribution is 2.59. The minimum Gasteiger partial charge on any atom is -0.0622 e. The largest absolute Gasteiger partial charge is 0.0714 e. The van der Waals surface area contributed by atoms with Gasteiger partial charge in [-0.15, -0.1) is 0 Å². The Morgan fingerprint density at radius 2 is 0.863 bits per heavy atom. The van der Waals surface area contributed by atoms with E-state index in [9.17, 15) is 0 Å². The molecule has 11 rings (SSSR count). The molecule has 236 valence electrons. The Morgan fingerprint density at radius 3 is 1.59 bits per heavy atom. The lowest BCUT2D eigenvalue weighted by Gasteiger charge is -2.34. The maximum absolute atomic E-state index is 2.51. The van der Waals surface area contributed by atoms with E-state index >= 15 is 0 Å². The van der Waals surface area contributed by atoms with Crippen molar-refractivity contribution in [3.8, 4) is 33.4 Å². The average Bonchev–Trinajstić information content (AvgIpc) is 3.51. The maximum Gasteiger partial charge on any atom is 0.0714 e. The van der Waals surface area contributed by atoms with Crippen molar-refractivity contribution in [1.82, 2.24) is 0 Å². The Hall–Kier alpha value is -6.50. The molecule has 0 fully saturated rings. The highest BCUT2D eigenvalue weighted by atomic mass is 14.5. The van der Waals surface area contributed by atoms with Crippen LogP contribution in [0.2, 0.25) is 0 Å². The second kappa shape index (κ2) is 10.7. The highest BCUT2D eigenvalue weighted by Gasteiger charge is 2.47. The van der Waals surface area contributed by atoms with Crippen molar-refractivity contribution in [1.29, 1.82) is 0 Å². The molecule has 1 aliphatic carbocycles. The van der Waals surface area contributed by atoms with Crippen molar-refractivity contribution >= 4 is 43.1 Å². The van der Waals surface area contributed by atoms with Crippen molar-refractivity contribution in [2.45, 2.75) is 5.41 Å². The molecule has 0 unspecified atom stereocenters. The van der Waals surface area contributed by atoms with Crippen LogP contribution < -0.4 is 0 Å². The summed E-state index contributed by atoms with van der Waals surface area (Å²) >= 11 is 0. The Bertz CT molecular complexity index is 2880. The van der Waals surface area contributed by atoms with Gasteiger partial charge in [0.2, 0.25) is 0 Å². The topological polar surface area (TPSA) is 0 Å². The molecule has 1 aliphatic rings. The summed E-state index contributed by atoms with van der Waals surface area (Å²) in [6, 6.07) is 72.4. The third kappa shape index (κ3) is 3.91. The molecule has 0 aliphatic heterocycles. The van der Waals surface area contributed by atoms with Crippen LogP contribution in [0.25, 0.3) is 76.5 Å². The van der Waals surface area contributed by atoms with Gasteiger partial charge in [-0.3, -0.25) is 0 Å². The molecular weight excluding hydrogens is 613 g/mol. The fourth-order valence-electron chi connectivity index (χ4n) is 9.37. The molecule has 10 aromatic carbocycles. The standard InChI is InChI=1S/C51H32/c1-4-12-33(13-5-1)40-20-11-21-43-42(40)30-31-46-50(43)45-29-26-37(32-47(45)51(46,38-16-6-2-7-17-38)39-18-8-3-9-19-39)41-27-24-36-23-22-34-14-10-15-35-25-28-44(41)49(36)48(34)35/h1-32H. The van der Waals surface area contributed by atoms with Crippen LogP contribution in [-0.4, -0.2) is 0 Å². The van der Waals surface area contributed by atoms with Crippen LogP contribution in [0.4, 0.5) is 0 Å². The summed E-state index contributed by atoms with van der Waals surface area (Å²) in [5.41, 5.74) is 12.4. The van der Waals surface area contributed by atoms with Gasteiger partial charge in [-0.05, 0) is 105 Å².